The number of rotatable bonds is 7. The van der Waals surface area contributed by atoms with Gasteiger partial charge in [0.25, 0.3) is 5.69 Å². The summed E-state index contributed by atoms with van der Waals surface area (Å²) in [7, 11) is 3.94. The molecule has 0 radical (unpaired) electrons. The third kappa shape index (κ3) is 4.73. The Bertz CT molecular complexity index is 1200. The Morgan fingerprint density at radius 2 is 1.97 bits per heavy atom. The molecular weight excluding hydrogens is 464 g/mol. The Morgan fingerprint density at radius 1 is 1.24 bits per heavy atom. The van der Waals surface area contributed by atoms with E-state index in [0.29, 0.717) is 23.1 Å². The van der Waals surface area contributed by atoms with Crippen LogP contribution in [0.1, 0.15) is 24.4 Å². The lowest BCUT2D eigenvalue weighted by Gasteiger charge is -2.21. The van der Waals surface area contributed by atoms with Gasteiger partial charge in [0.2, 0.25) is 5.91 Å². The predicted octanol–water partition coefficient (Wildman–Crippen LogP) is 4.13. The highest BCUT2D eigenvalue weighted by molar-refractivity contribution is 7.99. The number of aromatic nitrogens is 3. The highest BCUT2D eigenvalue weighted by Gasteiger charge is 2.27. The summed E-state index contributed by atoms with van der Waals surface area (Å²) in [5.74, 6) is 0.843. The SMILES string of the molecule is CC(c1nnc(SCC(=O)N2CCc3cc([N+](=O)[O-])ccc32)n1-c1ccc(Cl)cc1)N(C)C. The van der Waals surface area contributed by atoms with E-state index in [9.17, 15) is 14.9 Å². The van der Waals surface area contributed by atoms with Crippen molar-refractivity contribution in [2.24, 2.45) is 0 Å². The predicted molar refractivity (Wildman–Crippen MR) is 128 cm³/mol. The number of nitro benzene ring substituents is 1. The van der Waals surface area contributed by atoms with E-state index in [2.05, 4.69) is 10.2 Å². The van der Waals surface area contributed by atoms with Gasteiger partial charge in [0.1, 0.15) is 0 Å². The van der Waals surface area contributed by atoms with Gasteiger partial charge in [0, 0.05) is 35.1 Å². The van der Waals surface area contributed by atoms with E-state index < -0.39 is 4.92 Å². The molecule has 1 unspecified atom stereocenters. The van der Waals surface area contributed by atoms with Gasteiger partial charge in [-0.25, -0.2) is 0 Å². The first-order chi connectivity index (χ1) is 15.8. The van der Waals surface area contributed by atoms with Crippen molar-refractivity contribution in [1.82, 2.24) is 19.7 Å². The van der Waals surface area contributed by atoms with Crippen molar-refractivity contribution < 1.29 is 9.72 Å². The van der Waals surface area contributed by atoms with Crippen molar-refractivity contribution >= 4 is 40.6 Å². The van der Waals surface area contributed by atoms with Crippen LogP contribution in [0.3, 0.4) is 0 Å². The van der Waals surface area contributed by atoms with Crippen LogP contribution >= 0.6 is 23.4 Å². The van der Waals surface area contributed by atoms with Gasteiger partial charge in [0.05, 0.1) is 16.7 Å². The smallest absolute Gasteiger partial charge is 0.269 e. The largest absolute Gasteiger partial charge is 0.311 e. The van der Waals surface area contributed by atoms with Crippen LogP contribution in [0.15, 0.2) is 47.6 Å². The van der Waals surface area contributed by atoms with Gasteiger partial charge in [-0.2, -0.15) is 0 Å². The molecule has 1 aliphatic heterocycles. The molecule has 1 aromatic heterocycles. The molecule has 0 aliphatic carbocycles. The molecule has 11 heteroatoms. The van der Waals surface area contributed by atoms with E-state index in [1.807, 2.05) is 42.6 Å². The number of hydrogen-bond donors (Lipinski definition) is 0. The lowest BCUT2D eigenvalue weighted by Crippen LogP contribution is -2.30. The van der Waals surface area contributed by atoms with Gasteiger partial charge in [-0.1, -0.05) is 23.4 Å². The van der Waals surface area contributed by atoms with Crippen LogP contribution in [0.4, 0.5) is 11.4 Å². The van der Waals surface area contributed by atoms with Crippen LogP contribution in [-0.2, 0) is 11.2 Å². The van der Waals surface area contributed by atoms with E-state index in [1.54, 1.807) is 29.2 Å². The summed E-state index contributed by atoms with van der Waals surface area (Å²) in [5, 5.41) is 21.0. The standard InChI is InChI=1S/C22H23ClN6O3S/c1-14(26(2)3)21-24-25-22(28(21)17-6-4-16(23)5-7-17)33-13-20(30)27-11-10-15-12-18(29(31)32)8-9-19(15)27/h4-9,12,14H,10-11,13H2,1-3H3. The summed E-state index contributed by atoms with van der Waals surface area (Å²) in [5.41, 5.74) is 2.44. The molecule has 0 N–H and O–H groups in total. The molecule has 0 fully saturated rings. The summed E-state index contributed by atoms with van der Waals surface area (Å²) in [4.78, 5) is 27.4. The van der Waals surface area contributed by atoms with Crippen molar-refractivity contribution in [1.29, 1.82) is 0 Å². The quantitative estimate of drug-likeness (QED) is 0.281. The number of fused-ring (bicyclic) bond motifs is 1. The Kier molecular flexibility index (Phi) is 6.68. The van der Waals surface area contributed by atoms with Crippen molar-refractivity contribution in [3.8, 4) is 5.69 Å². The van der Waals surface area contributed by atoms with Crippen LogP contribution in [0.5, 0.6) is 0 Å². The van der Waals surface area contributed by atoms with E-state index >= 15 is 0 Å². The van der Waals surface area contributed by atoms with Crippen LogP contribution in [-0.4, -0.2) is 56.9 Å². The molecule has 0 bridgehead atoms. The molecule has 1 aliphatic rings. The van der Waals surface area contributed by atoms with Crippen LogP contribution < -0.4 is 4.90 Å². The fraction of sp³-hybridized carbons (Fsp3) is 0.318. The van der Waals surface area contributed by atoms with Crippen LogP contribution in [0.2, 0.25) is 5.02 Å². The minimum atomic E-state index is -0.420. The minimum Gasteiger partial charge on any atom is -0.311 e. The highest BCUT2D eigenvalue weighted by atomic mass is 35.5. The average molecular weight is 487 g/mol. The lowest BCUT2D eigenvalue weighted by atomic mass is 10.1. The monoisotopic (exact) mass is 486 g/mol. The summed E-state index contributed by atoms with van der Waals surface area (Å²) in [6, 6.07) is 12.0. The van der Waals surface area contributed by atoms with Crippen molar-refractivity contribution in [3.63, 3.8) is 0 Å². The maximum Gasteiger partial charge on any atom is 0.269 e. The second-order valence-electron chi connectivity index (χ2n) is 7.95. The molecule has 9 nitrogen and oxygen atoms in total. The first-order valence-electron chi connectivity index (χ1n) is 10.3. The number of non-ortho nitro benzene ring substituents is 1. The zero-order valence-electron chi connectivity index (χ0n) is 18.4. The number of carbonyl (C=O) groups is 1. The molecule has 172 valence electrons. The number of thioether (sulfide) groups is 1. The molecule has 0 saturated heterocycles. The molecule has 2 heterocycles. The van der Waals surface area contributed by atoms with Crippen molar-refractivity contribution in [2.75, 3.05) is 31.3 Å². The number of anilines is 1. The Morgan fingerprint density at radius 3 is 2.64 bits per heavy atom. The van der Waals surface area contributed by atoms with Gasteiger partial charge in [-0.05, 0) is 63.3 Å². The van der Waals surface area contributed by atoms with Crippen LogP contribution in [0.25, 0.3) is 5.69 Å². The fourth-order valence-electron chi connectivity index (χ4n) is 3.67. The minimum absolute atomic E-state index is 0.000482. The first kappa shape index (κ1) is 23.2. The summed E-state index contributed by atoms with van der Waals surface area (Å²) in [6.45, 7) is 2.54. The molecule has 4 rings (SSSR count). The second-order valence-corrected chi connectivity index (χ2v) is 9.33. The van der Waals surface area contributed by atoms with E-state index in [0.717, 1.165) is 22.8 Å². The summed E-state index contributed by atoms with van der Waals surface area (Å²) < 4.78 is 1.94. The maximum atomic E-state index is 13.0. The normalized spacial score (nSPS) is 13.9. The van der Waals surface area contributed by atoms with Crippen molar-refractivity contribution in [2.45, 2.75) is 24.5 Å². The Balaban J connectivity index is 1.56. The molecule has 1 atom stereocenters. The maximum absolute atomic E-state index is 13.0. The zero-order valence-corrected chi connectivity index (χ0v) is 20.0. The number of amides is 1. The summed E-state index contributed by atoms with van der Waals surface area (Å²) in [6.07, 6.45) is 0.596. The molecule has 2 aromatic carbocycles. The summed E-state index contributed by atoms with van der Waals surface area (Å²) >= 11 is 7.38. The Hall–Kier alpha value is -2.95. The third-order valence-corrected chi connectivity index (χ3v) is 6.85. The molecular formula is C22H23ClN6O3S. The van der Waals surface area contributed by atoms with Gasteiger partial charge >= 0.3 is 0 Å². The molecule has 33 heavy (non-hydrogen) atoms. The molecule has 0 saturated carbocycles. The van der Waals surface area contributed by atoms with Gasteiger partial charge in [-0.3, -0.25) is 24.4 Å². The molecule has 3 aromatic rings. The van der Waals surface area contributed by atoms with Gasteiger partial charge in [-0.15, -0.1) is 10.2 Å². The average Bonchev–Trinajstić information content (AvgIpc) is 3.41. The van der Waals surface area contributed by atoms with Crippen molar-refractivity contribution in [3.05, 3.63) is 69.0 Å². The number of hydrogen-bond acceptors (Lipinski definition) is 7. The topological polar surface area (TPSA) is 97.4 Å². The van der Waals surface area contributed by atoms with E-state index in [1.165, 1.54) is 17.8 Å². The fourth-order valence-corrected chi connectivity index (χ4v) is 4.64. The van der Waals surface area contributed by atoms with Gasteiger partial charge < -0.3 is 4.90 Å². The number of benzene rings is 2. The number of halogens is 1. The third-order valence-electron chi connectivity index (χ3n) is 5.69. The van der Waals surface area contributed by atoms with E-state index in [-0.39, 0.29) is 23.4 Å². The lowest BCUT2D eigenvalue weighted by molar-refractivity contribution is -0.384. The molecule has 1 amide bonds. The Labute approximate surface area is 200 Å². The second kappa shape index (κ2) is 9.50. The first-order valence-corrected chi connectivity index (χ1v) is 11.7. The van der Waals surface area contributed by atoms with Gasteiger partial charge in [0.15, 0.2) is 11.0 Å². The number of nitro groups is 1. The zero-order chi connectivity index (χ0) is 23.7. The highest BCUT2D eigenvalue weighted by Crippen LogP contribution is 2.33. The number of nitrogens with zero attached hydrogens (tertiary/aromatic N) is 6. The van der Waals surface area contributed by atoms with E-state index in [4.69, 9.17) is 11.6 Å². The number of carbonyl (C=O) groups excluding carboxylic acids is 1. The molecule has 0 spiro atoms. The van der Waals surface area contributed by atoms with Crippen LogP contribution in [0, 0.1) is 10.1 Å².